The minimum atomic E-state index is -2.35. The van der Waals surface area contributed by atoms with Crippen molar-refractivity contribution in [3.63, 3.8) is 0 Å². The molecule has 13 N–H and O–H groups in total. The van der Waals surface area contributed by atoms with E-state index in [-0.39, 0.29) is 38.0 Å². The summed E-state index contributed by atoms with van der Waals surface area (Å²) >= 11 is 0. The van der Waals surface area contributed by atoms with Crippen LogP contribution in [0.4, 0.5) is 0 Å². The molecule has 0 spiro atoms. The number of carbonyl (C=O) groups is 2. The van der Waals surface area contributed by atoms with Crippen LogP contribution in [0.1, 0.15) is 91.9 Å². The summed E-state index contributed by atoms with van der Waals surface area (Å²) in [5.74, 6) is -6.82. The number of cyclic esters (lactones) is 1. The maximum atomic E-state index is 12.6. The average molecular weight is 926 g/mol. The fourth-order valence-electron chi connectivity index (χ4n) is 8.11. The Kier molecular flexibility index (Phi) is 23.8. The van der Waals surface area contributed by atoms with E-state index in [1.54, 1.807) is 38.2 Å². The molecule has 11 unspecified atom stereocenters. The van der Waals surface area contributed by atoms with Gasteiger partial charge >= 0.3 is 11.9 Å². The SMILES string of the molecule is CC1[C@H](C)OC(=O)CC(O)CC(O)CC(O)CCC(O)C(O)C[C@]2(O)CC(O)C(C(=O)O)C(CC(OC3O[C@H](C)[C@@H](O)[C@H](N)[C@@H]3O)C=CC=CC=CC=CCCC=CC=C[C@H](C)[C@H]1O)O2. The number of carboxylic acid groups (broad SMARTS) is 1. The highest BCUT2D eigenvalue weighted by atomic mass is 16.7. The lowest BCUT2D eigenvalue weighted by Crippen LogP contribution is -2.61. The van der Waals surface area contributed by atoms with Crippen LogP contribution in [0.5, 0.6) is 0 Å². The van der Waals surface area contributed by atoms with Gasteiger partial charge in [-0.05, 0) is 52.4 Å². The zero-order valence-corrected chi connectivity index (χ0v) is 37.8. The molecule has 18 heteroatoms. The number of carboxylic acids is 1. The summed E-state index contributed by atoms with van der Waals surface area (Å²) < 4.78 is 23.2. The van der Waals surface area contributed by atoms with Gasteiger partial charge in [0.1, 0.15) is 18.1 Å². The van der Waals surface area contributed by atoms with E-state index in [1.165, 1.54) is 13.0 Å². The molecular formula is C47H75NO17. The van der Waals surface area contributed by atoms with Crippen molar-refractivity contribution in [2.45, 2.75) is 189 Å². The van der Waals surface area contributed by atoms with Gasteiger partial charge in [-0.25, -0.2) is 0 Å². The molecule has 370 valence electrons. The first-order valence-electron chi connectivity index (χ1n) is 22.6. The van der Waals surface area contributed by atoms with E-state index in [2.05, 4.69) is 0 Å². The van der Waals surface area contributed by atoms with E-state index in [0.29, 0.717) is 0 Å². The molecule has 3 rings (SSSR count). The number of carbonyl (C=O) groups excluding carboxylic acids is 1. The standard InChI is InChI=1S/C47H75NO17/c1-27-17-15-13-11-9-7-5-6-8-10-12-14-16-18-34(64-46-44(58)41(48)43(57)30(4)63-46)24-38-40(45(59)60)37(54)26-47(61,65-38)25-36(53)35(52)20-19-31(49)21-32(50)22-33(51)23-39(55)62-29(3)28(2)42(27)56/h5-6,8,10-18,27-38,40-44,46,49-54,56-58,61H,7,9,19-26,48H2,1-4H3,(H,59,60)/t27-,28?,29-,30+,31?,32?,33?,34?,35?,36?,37?,38?,40?,41-,42+,43+,44-,46?,47+/m0/s1. The van der Waals surface area contributed by atoms with Crippen LogP contribution >= 0.6 is 0 Å². The molecule has 0 aromatic heterocycles. The maximum Gasteiger partial charge on any atom is 0.311 e. The van der Waals surface area contributed by atoms with Crippen LogP contribution < -0.4 is 5.73 Å². The first-order valence-corrected chi connectivity index (χ1v) is 22.6. The van der Waals surface area contributed by atoms with Gasteiger partial charge in [0.2, 0.25) is 0 Å². The first-order chi connectivity index (χ1) is 30.6. The van der Waals surface area contributed by atoms with Gasteiger partial charge in [0.15, 0.2) is 12.1 Å². The topological polar surface area (TPSA) is 320 Å². The molecule has 0 amide bonds. The Labute approximate surface area is 381 Å². The van der Waals surface area contributed by atoms with Crippen molar-refractivity contribution in [1.82, 2.24) is 0 Å². The lowest BCUT2D eigenvalue weighted by atomic mass is 9.82. The van der Waals surface area contributed by atoms with Crippen LogP contribution in [0.2, 0.25) is 0 Å². The Morgan fingerprint density at radius 1 is 0.692 bits per heavy atom. The Hall–Kier alpha value is -3.18. The molecule has 3 aliphatic rings. The summed E-state index contributed by atoms with van der Waals surface area (Å²) in [7, 11) is 0. The first kappa shape index (κ1) is 56.1. The third kappa shape index (κ3) is 18.8. The summed E-state index contributed by atoms with van der Waals surface area (Å²) in [6.07, 6.45) is 2.28. The summed E-state index contributed by atoms with van der Waals surface area (Å²) in [6, 6.07) is -1.14. The molecule has 19 atom stereocenters. The number of fused-ring (bicyclic) bond motifs is 2. The summed E-state index contributed by atoms with van der Waals surface area (Å²) in [5, 5.41) is 118. The average Bonchev–Trinajstić information content (AvgIpc) is 3.21. The van der Waals surface area contributed by atoms with E-state index >= 15 is 0 Å². The number of esters is 1. The van der Waals surface area contributed by atoms with Crippen molar-refractivity contribution < 1.29 is 84.7 Å². The fraction of sp³-hybridized carbons (Fsp3) is 0.702. The molecule has 2 bridgehead atoms. The zero-order valence-electron chi connectivity index (χ0n) is 37.8. The van der Waals surface area contributed by atoms with Crippen molar-refractivity contribution in [3.8, 4) is 0 Å². The highest BCUT2D eigenvalue weighted by Gasteiger charge is 2.51. The lowest BCUT2D eigenvalue weighted by Gasteiger charge is -2.45. The van der Waals surface area contributed by atoms with Crippen LogP contribution in [0.15, 0.2) is 72.9 Å². The molecule has 2 fully saturated rings. The van der Waals surface area contributed by atoms with Gasteiger partial charge in [-0.3, -0.25) is 9.59 Å². The smallest absolute Gasteiger partial charge is 0.311 e. The van der Waals surface area contributed by atoms with Crippen molar-refractivity contribution in [2.75, 3.05) is 0 Å². The minimum Gasteiger partial charge on any atom is -0.481 e. The molecule has 3 aliphatic heterocycles. The Morgan fingerprint density at radius 2 is 1.28 bits per heavy atom. The van der Waals surface area contributed by atoms with E-state index in [1.807, 2.05) is 49.5 Å². The van der Waals surface area contributed by atoms with Crippen LogP contribution in [0, 0.1) is 17.8 Å². The zero-order chi connectivity index (χ0) is 48.4. The summed E-state index contributed by atoms with van der Waals surface area (Å²) in [6.45, 7) is 6.78. The van der Waals surface area contributed by atoms with Gasteiger partial charge in [-0.2, -0.15) is 0 Å². The van der Waals surface area contributed by atoms with Gasteiger partial charge in [0.05, 0.1) is 79.6 Å². The Balaban J connectivity index is 1.84. The Bertz CT molecular complexity index is 1620. The highest BCUT2D eigenvalue weighted by Crippen LogP contribution is 2.38. The van der Waals surface area contributed by atoms with E-state index in [0.717, 1.165) is 12.8 Å². The number of allylic oxidation sites excluding steroid dienone is 10. The fourth-order valence-corrected chi connectivity index (χ4v) is 8.11. The normalized spacial score (nSPS) is 42.3. The second-order valence-corrected chi connectivity index (χ2v) is 17.8. The van der Waals surface area contributed by atoms with Gasteiger partial charge in [-0.15, -0.1) is 0 Å². The number of aliphatic hydroxyl groups excluding tert-OH is 9. The molecule has 0 aliphatic carbocycles. The van der Waals surface area contributed by atoms with Crippen molar-refractivity contribution in [1.29, 1.82) is 0 Å². The van der Waals surface area contributed by atoms with Crippen LogP contribution in [0.25, 0.3) is 0 Å². The lowest BCUT2D eigenvalue weighted by molar-refractivity contribution is -0.310. The number of aliphatic carboxylic acids is 1. The quantitative estimate of drug-likeness (QED) is 0.175. The van der Waals surface area contributed by atoms with E-state index in [4.69, 9.17) is 24.7 Å². The molecule has 65 heavy (non-hydrogen) atoms. The molecular weight excluding hydrogens is 851 g/mol. The molecule has 3 heterocycles. The number of ether oxygens (including phenoxy) is 4. The number of hydrogen-bond acceptors (Lipinski definition) is 17. The summed E-state index contributed by atoms with van der Waals surface area (Å²) in [5.41, 5.74) is 6.02. The number of hydrogen-bond donors (Lipinski definition) is 12. The minimum absolute atomic E-state index is 0.138. The largest absolute Gasteiger partial charge is 0.481 e. The third-order valence-electron chi connectivity index (χ3n) is 12.2. The molecule has 0 aromatic rings. The van der Waals surface area contributed by atoms with Gasteiger partial charge in [0, 0.05) is 31.1 Å². The van der Waals surface area contributed by atoms with Crippen molar-refractivity contribution in [2.24, 2.45) is 23.5 Å². The van der Waals surface area contributed by atoms with Gasteiger partial charge in [-0.1, -0.05) is 86.8 Å². The number of rotatable bonds is 3. The second-order valence-electron chi connectivity index (χ2n) is 17.8. The van der Waals surface area contributed by atoms with Crippen molar-refractivity contribution >= 4 is 11.9 Å². The van der Waals surface area contributed by atoms with Crippen LogP contribution in [-0.2, 0) is 28.5 Å². The van der Waals surface area contributed by atoms with Gasteiger partial charge in [0.25, 0.3) is 0 Å². The molecule has 0 radical (unpaired) electrons. The summed E-state index contributed by atoms with van der Waals surface area (Å²) in [4.78, 5) is 25.1. The number of nitrogens with two attached hydrogens (primary N) is 1. The second kappa shape index (κ2) is 27.6. The molecule has 2 saturated heterocycles. The Morgan fingerprint density at radius 3 is 1.94 bits per heavy atom. The third-order valence-corrected chi connectivity index (χ3v) is 12.2. The van der Waals surface area contributed by atoms with Crippen LogP contribution in [0.3, 0.4) is 0 Å². The van der Waals surface area contributed by atoms with E-state index < -0.39 is 141 Å². The molecule has 18 nitrogen and oxygen atoms in total. The van der Waals surface area contributed by atoms with E-state index in [9.17, 15) is 65.8 Å². The van der Waals surface area contributed by atoms with Crippen LogP contribution in [-0.4, -0.2) is 166 Å². The predicted molar refractivity (Wildman–Crippen MR) is 237 cm³/mol. The molecule has 0 aromatic carbocycles. The van der Waals surface area contributed by atoms with Gasteiger partial charge < -0.3 is 80.9 Å². The monoisotopic (exact) mass is 926 g/mol. The number of aliphatic hydroxyl groups is 10. The maximum absolute atomic E-state index is 12.6. The van der Waals surface area contributed by atoms with Crippen molar-refractivity contribution in [3.05, 3.63) is 72.9 Å². The highest BCUT2D eigenvalue weighted by molar-refractivity contribution is 5.71. The molecule has 0 saturated carbocycles. The predicted octanol–water partition coefficient (Wildman–Crippen LogP) is 0.936.